The van der Waals surface area contributed by atoms with Gasteiger partial charge in [0, 0.05) is 25.6 Å². The SMILES string of the molecule is C[Si]1(C)CCC(NC(=O)c2cc3c(F)cc(F)cc3[nH]2)C1. The number of nitrogens with one attached hydrogen (secondary N) is 2. The van der Waals surface area contributed by atoms with Crippen molar-refractivity contribution in [1.82, 2.24) is 10.3 Å². The Morgan fingerprint density at radius 3 is 2.76 bits per heavy atom. The Morgan fingerprint density at radius 2 is 2.10 bits per heavy atom. The third-order valence-corrected chi connectivity index (χ3v) is 7.44. The second kappa shape index (κ2) is 4.94. The molecular formula is C15H18F2N2OSi. The molecule has 1 aromatic carbocycles. The molecule has 1 aromatic heterocycles. The highest BCUT2D eigenvalue weighted by Crippen LogP contribution is 2.30. The fourth-order valence-electron chi connectivity index (χ4n) is 3.11. The average Bonchev–Trinajstić information content (AvgIpc) is 2.93. The topological polar surface area (TPSA) is 44.9 Å². The van der Waals surface area contributed by atoms with Crippen LogP contribution in [0.5, 0.6) is 0 Å². The summed E-state index contributed by atoms with van der Waals surface area (Å²) >= 11 is 0. The molecule has 3 rings (SSSR count). The lowest BCUT2D eigenvalue weighted by molar-refractivity contribution is 0.0936. The quantitative estimate of drug-likeness (QED) is 0.817. The summed E-state index contributed by atoms with van der Waals surface area (Å²) in [5.41, 5.74) is 0.583. The largest absolute Gasteiger partial charge is 0.350 e. The van der Waals surface area contributed by atoms with Crippen molar-refractivity contribution in [3.8, 4) is 0 Å². The summed E-state index contributed by atoms with van der Waals surface area (Å²) in [6, 6.07) is 5.94. The average molecular weight is 308 g/mol. The van der Waals surface area contributed by atoms with Crippen molar-refractivity contribution in [3.63, 3.8) is 0 Å². The van der Waals surface area contributed by atoms with Gasteiger partial charge in [0.1, 0.15) is 17.3 Å². The lowest BCUT2D eigenvalue weighted by Crippen LogP contribution is -2.34. The highest BCUT2D eigenvalue weighted by atomic mass is 28.3. The summed E-state index contributed by atoms with van der Waals surface area (Å²) in [6.07, 6.45) is 1.01. The maximum Gasteiger partial charge on any atom is 0.267 e. The van der Waals surface area contributed by atoms with Crippen LogP contribution in [0.15, 0.2) is 18.2 Å². The number of hydrogen-bond donors (Lipinski definition) is 2. The fraction of sp³-hybridized carbons (Fsp3) is 0.400. The Hall–Kier alpha value is -1.69. The van der Waals surface area contributed by atoms with Gasteiger partial charge in [-0.15, -0.1) is 0 Å². The molecule has 1 saturated heterocycles. The zero-order valence-electron chi connectivity index (χ0n) is 12.1. The molecule has 0 bridgehead atoms. The van der Waals surface area contributed by atoms with Crippen LogP contribution in [-0.2, 0) is 0 Å². The Kier molecular flexibility index (Phi) is 3.35. The first-order valence-corrected chi connectivity index (χ1v) is 10.5. The van der Waals surface area contributed by atoms with Crippen LogP contribution in [0.4, 0.5) is 8.78 Å². The number of fused-ring (bicyclic) bond motifs is 1. The molecule has 1 aliphatic rings. The molecule has 112 valence electrons. The fourth-order valence-corrected chi connectivity index (χ4v) is 6.08. The number of carbonyl (C=O) groups excluding carboxylic acids is 1. The van der Waals surface area contributed by atoms with Crippen LogP contribution in [0.3, 0.4) is 0 Å². The number of amides is 1. The van der Waals surface area contributed by atoms with Crippen molar-refractivity contribution in [2.75, 3.05) is 0 Å². The molecule has 1 amide bonds. The minimum absolute atomic E-state index is 0.201. The molecule has 21 heavy (non-hydrogen) atoms. The molecule has 1 unspecified atom stereocenters. The number of carbonyl (C=O) groups is 1. The van der Waals surface area contributed by atoms with E-state index < -0.39 is 19.7 Å². The van der Waals surface area contributed by atoms with E-state index in [4.69, 9.17) is 0 Å². The number of aromatic nitrogens is 1. The van der Waals surface area contributed by atoms with Crippen molar-refractivity contribution in [1.29, 1.82) is 0 Å². The molecule has 0 aliphatic carbocycles. The molecule has 0 spiro atoms. The Bertz CT molecular complexity index is 711. The molecule has 0 saturated carbocycles. The van der Waals surface area contributed by atoms with E-state index in [1.807, 2.05) is 0 Å². The number of halogens is 2. The molecule has 2 aromatic rings. The summed E-state index contributed by atoms with van der Waals surface area (Å²) in [5, 5.41) is 3.23. The molecule has 1 fully saturated rings. The standard InChI is InChI=1S/C15H18F2N2OSi/c1-21(2)4-3-10(8-21)18-15(20)14-7-11-12(17)5-9(16)6-13(11)19-14/h5-7,10,19H,3-4,8H2,1-2H3,(H,18,20). The van der Waals surface area contributed by atoms with Crippen LogP contribution < -0.4 is 5.32 Å². The van der Waals surface area contributed by atoms with Gasteiger partial charge in [0.15, 0.2) is 0 Å². The van der Waals surface area contributed by atoms with Gasteiger partial charge in [-0.3, -0.25) is 4.79 Å². The van der Waals surface area contributed by atoms with Gasteiger partial charge in [-0.1, -0.05) is 19.1 Å². The first-order valence-electron chi connectivity index (χ1n) is 7.13. The summed E-state index contributed by atoms with van der Waals surface area (Å²) in [4.78, 5) is 15.0. The minimum Gasteiger partial charge on any atom is -0.350 e. The van der Waals surface area contributed by atoms with E-state index in [2.05, 4.69) is 23.4 Å². The smallest absolute Gasteiger partial charge is 0.267 e. The summed E-state index contributed by atoms with van der Waals surface area (Å²) in [5.74, 6) is -1.56. The van der Waals surface area contributed by atoms with E-state index in [-0.39, 0.29) is 23.0 Å². The zero-order chi connectivity index (χ0) is 15.2. The van der Waals surface area contributed by atoms with Crippen molar-refractivity contribution < 1.29 is 13.6 Å². The van der Waals surface area contributed by atoms with E-state index in [0.717, 1.165) is 18.5 Å². The van der Waals surface area contributed by atoms with E-state index >= 15 is 0 Å². The van der Waals surface area contributed by atoms with Crippen LogP contribution in [0, 0.1) is 11.6 Å². The summed E-state index contributed by atoms with van der Waals surface area (Å²) in [6.45, 7) is 4.64. The Balaban J connectivity index is 1.81. The molecule has 2 heterocycles. The number of H-pyrrole nitrogens is 1. The molecular weight excluding hydrogens is 290 g/mol. The lowest BCUT2D eigenvalue weighted by Gasteiger charge is -2.15. The van der Waals surface area contributed by atoms with E-state index in [1.165, 1.54) is 18.2 Å². The van der Waals surface area contributed by atoms with Gasteiger partial charge >= 0.3 is 0 Å². The van der Waals surface area contributed by atoms with Crippen molar-refractivity contribution in [2.24, 2.45) is 0 Å². The second-order valence-electron chi connectivity index (χ2n) is 6.61. The molecule has 0 radical (unpaired) electrons. The molecule has 1 atom stereocenters. The maximum absolute atomic E-state index is 13.6. The van der Waals surface area contributed by atoms with E-state index in [1.54, 1.807) is 0 Å². The number of aromatic amines is 1. The van der Waals surface area contributed by atoms with Crippen LogP contribution in [-0.4, -0.2) is 25.0 Å². The monoisotopic (exact) mass is 308 g/mol. The van der Waals surface area contributed by atoms with Crippen LogP contribution in [0.2, 0.25) is 25.2 Å². The predicted molar refractivity (Wildman–Crippen MR) is 81.2 cm³/mol. The van der Waals surface area contributed by atoms with Crippen LogP contribution in [0.1, 0.15) is 16.9 Å². The number of hydrogen-bond acceptors (Lipinski definition) is 1. The van der Waals surface area contributed by atoms with Crippen LogP contribution in [0.25, 0.3) is 10.9 Å². The molecule has 2 N–H and O–H groups in total. The van der Waals surface area contributed by atoms with Gasteiger partial charge in [0.25, 0.3) is 5.91 Å². The normalized spacial score (nSPS) is 20.9. The predicted octanol–water partition coefficient (Wildman–Crippen LogP) is 3.66. The Morgan fingerprint density at radius 1 is 1.33 bits per heavy atom. The number of benzene rings is 1. The van der Waals surface area contributed by atoms with Crippen LogP contribution >= 0.6 is 0 Å². The molecule has 3 nitrogen and oxygen atoms in total. The maximum atomic E-state index is 13.6. The van der Waals surface area contributed by atoms with Crippen molar-refractivity contribution in [2.45, 2.75) is 37.6 Å². The van der Waals surface area contributed by atoms with Gasteiger partial charge in [-0.25, -0.2) is 8.78 Å². The van der Waals surface area contributed by atoms with Crippen molar-refractivity contribution >= 4 is 24.9 Å². The highest BCUT2D eigenvalue weighted by molar-refractivity contribution is 6.78. The summed E-state index contributed by atoms with van der Waals surface area (Å²) < 4.78 is 26.8. The van der Waals surface area contributed by atoms with Gasteiger partial charge < -0.3 is 10.3 Å². The van der Waals surface area contributed by atoms with Crippen molar-refractivity contribution in [3.05, 3.63) is 35.5 Å². The van der Waals surface area contributed by atoms with E-state index in [0.29, 0.717) is 5.52 Å². The Labute approximate surface area is 122 Å². The third-order valence-electron chi connectivity index (χ3n) is 4.20. The second-order valence-corrected chi connectivity index (χ2v) is 11.8. The highest BCUT2D eigenvalue weighted by Gasteiger charge is 2.33. The zero-order valence-corrected chi connectivity index (χ0v) is 13.1. The van der Waals surface area contributed by atoms with Gasteiger partial charge in [0.2, 0.25) is 0 Å². The van der Waals surface area contributed by atoms with Gasteiger partial charge in [-0.05, 0) is 24.6 Å². The molecule has 1 aliphatic heterocycles. The van der Waals surface area contributed by atoms with E-state index in [9.17, 15) is 13.6 Å². The third kappa shape index (κ3) is 2.85. The first kappa shape index (κ1) is 14.3. The summed E-state index contributed by atoms with van der Waals surface area (Å²) in [7, 11) is -1.15. The molecule has 6 heteroatoms. The van der Waals surface area contributed by atoms with Gasteiger partial charge in [-0.2, -0.15) is 0 Å². The lowest BCUT2D eigenvalue weighted by atomic mass is 10.2. The number of rotatable bonds is 2. The van der Waals surface area contributed by atoms with Gasteiger partial charge in [0.05, 0.1) is 5.52 Å². The minimum atomic E-state index is -1.15. The first-order chi connectivity index (χ1) is 9.84.